The molecule has 0 aromatic carbocycles. The summed E-state index contributed by atoms with van der Waals surface area (Å²) in [5.41, 5.74) is 0. The van der Waals surface area contributed by atoms with Gasteiger partial charge in [-0.25, -0.2) is 0 Å². The van der Waals surface area contributed by atoms with E-state index >= 15 is 0 Å². The Morgan fingerprint density at radius 3 is 1.77 bits per heavy atom. The first-order chi connectivity index (χ1) is 5.61. The maximum atomic E-state index is 10.6. The Balaban J connectivity index is 5.21. The molecule has 13 heavy (non-hydrogen) atoms. The van der Waals surface area contributed by atoms with Gasteiger partial charge in [-0.1, -0.05) is 0 Å². The third-order valence-corrected chi connectivity index (χ3v) is 5.30. The molecule has 0 aliphatic rings. The van der Waals surface area contributed by atoms with Gasteiger partial charge in [0.25, 0.3) is 10.1 Å². The predicted octanol–water partition coefficient (Wildman–Crippen LogP) is -2.50. The van der Waals surface area contributed by atoms with Crippen LogP contribution in [0.4, 0.5) is 0 Å². The largest absolute Gasteiger partial charge is 0.481 e. The van der Waals surface area contributed by atoms with E-state index < -0.39 is 43.1 Å². The van der Waals surface area contributed by atoms with E-state index in [-0.39, 0.29) is 0 Å². The Morgan fingerprint density at radius 1 is 1.31 bits per heavy atom. The minimum Gasteiger partial charge on any atom is -0.481 e. The summed E-state index contributed by atoms with van der Waals surface area (Å²) in [5.74, 6) is -3.43. The van der Waals surface area contributed by atoms with Crippen LogP contribution in [0, 0.1) is 0 Å². The zero-order chi connectivity index (χ0) is 10.9. The molecule has 0 spiro atoms. The molecule has 0 aliphatic heterocycles. The van der Waals surface area contributed by atoms with Crippen molar-refractivity contribution in [3.63, 3.8) is 0 Å². The molecule has 1 unspecified atom stereocenters. The second-order valence-corrected chi connectivity index (χ2v) is 6.86. The summed E-state index contributed by atoms with van der Waals surface area (Å²) in [7, 11) is -5.39. The highest BCUT2D eigenvalue weighted by atomic mass is 32.2. The van der Waals surface area contributed by atoms with Gasteiger partial charge < -0.3 is 10.2 Å². The van der Waals surface area contributed by atoms with Gasteiger partial charge >= 0.3 is 11.9 Å². The zero-order valence-electron chi connectivity index (χ0n) is 6.59. The molecule has 1 atom stereocenters. The summed E-state index contributed by atoms with van der Waals surface area (Å²) in [4.78, 5) is 20.6. The summed E-state index contributed by atoms with van der Waals surface area (Å²) in [6, 6.07) is 0. The molecule has 0 aromatic heterocycles. The Hall–Kier alpha value is -0.933. The van der Waals surface area contributed by atoms with E-state index in [1.54, 1.807) is 0 Å². The molecule has 0 amide bonds. The first-order valence-electron chi connectivity index (χ1n) is 3.03. The summed E-state index contributed by atoms with van der Waals surface area (Å²) >= 11 is 0. The number of aliphatic carboxylic acids is 2. The summed E-state index contributed by atoms with van der Waals surface area (Å²) in [6.45, 7) is 0. The monoisotopic (exact) mass is 228 g/mol. The van der Waals surface area contributed by atoms with Crippen molar-refractivity contribution in [2.24, 2.45) is 0 Å². The average molecular weight is 228 g/mol. The van der Waals surface area contributed by atoms with Crippen LogP contribution in [0.2, 0.25) is 0 Å². The van der Waals surface area contributed by atoms with E-state index in [0.29, 0.717) is 0 Å². The lowest BCUT2D eigenvalue weighted by Gasteiger charge is -2.18. The molecule has 9 heteroatoms. The molecule has 76 valence electrons. The molecule has 3 N–H and O–H groups in total. The summed E-state index contributed by atoms with van der Waals surface area (Å²) in [6.07, 6.45) is -1.13. The molecular weight excluding hydrogens is 220 g/mol. The van der Waals surface area contributed by atoms with Gasteiger partial charge in [0.15, 0.2) is 4.37 Å². The van der Waals surface area contributed by atoms with Gasteiger partial charge in [0.2, 0.25) is 0 Å². The Labute approximate surface area is 76.5 Å². The van der Waals surface area contributed by atoms with E-state index in [1.807, 2.05) is 0 Å². The van der Waals surface area contributed by atoms with Crippen LogP contribution >= 0.6 is 0 Å². The van der Waals surface area contributed by atoms with Crippen molar-refractivity contribution in [2.75, 3.05) is 0 Å². The minimum atomic E-state index is -4.88. The molecule has 0 aromatic rings. The molecule has 0 bridgehead atoms. The smallest absolute Gasteiger partial charge is 0.323 e. The lowest BCUT2D eigenvalue weighted by molar-refractivity contribution is -0.144. The van der Waals surface area contributed by atoms with Crippen LogP contribution in [-0.2, 0) is 19.7 Å². The maximum absolute atomic E-state index is 10.6. The van der Waals surface area contributed by atoms with Gasteiger partial charge in [0.1, 0.15) is 0 Å². The summed E-state index contributed by atoms with van der Waals surface area (Å²) in [5, 5.41) is 16.7. The predicted molar refractivity (Wildman–Crippen MR) is 44.1 cm³/mol. The molecular formula is C4H8O7SSi. The van der Waals surface area contributed by atoms with Crippen LogP contribution in [0.5, 0.6) is 0 Å². The number of hydrogen-bond acceptors (Lipinski definition) is 4. The lowest BCUT2D eigenvalue weighted by atomic mass is 10.3. The van der Waals surface area contributed by atoms with Crippen LogP contribution in [0.3, 0.4) is 0 Å². The van der Waals surface area contributed by atoms with Gasteiger partial charge in [-0.2, -0.15) is 8.42 Å². The molecule has 0 heterocycles. The quantitative estimate of drug-likeness (QED) is 0.358. The Morgan fingerprint density at radius 2 is 1.69 bits per heavy atom. The second kappa shape index (κ2) is 3.44. The number of hydrogen-bond donors (Lipinski definition) is 3. The Bertz CT molecular complexity index is 332. The van der Waals surface area contributed by atoms with Crippen molar-refractivity contribution in [1.82, 2.24) is 0 Å². The number of carbonyl (C=O) groups is 2. The maximum Gasteiger partial charge on any atom is 0.323 e. The van der Waals surface area contributed by atoms with E-state index in [9.17, 15) is 18.0 Å². The fraction of sp³-hybridized carbons (Fsp3) is 0.500. The van der Waals surface area contributed by atoms with Gasteiger partial charge in [-0.05, 0) is 0 Å². The standard InChI is InChI=1S/C4H8O7SSi/c5-2(6)1-4(13,3(7)8)12(9,10)11/h1H2,13H3,(H,5,6)(H,7,8)(H,9,10,11). The first kappa shape index (κ1) is 12.1. The molecule has 0 radical (unpaired) electrons. The third-order valence-electron chi connectivity index (χ3n) is 1.51. The van der Waals surface area contributed by atoms with E-state index in [0.717, 1.165) is 0 Å². The Kier molecular flexibility index (Phi) is 3.19. The van der Waals surface area contributed by atoms with E-state index in [2.05, 4.69) is 0 Å². The van der Waals surface area contributed by atoms with Crippen LogP contribution < -0.4 is 0 Å². The van der Waals surface area contributed by atoms with E-state index in [4.69, 9.17) is 14.8 Å². The van der Waals surface area contributed by atoms with Crippen molar-refractivity contribution in [2.45, 2.75) is 10.8 Å². The zero-order valence-corrected chi connectivity index (χ0v) is 9.41. The van der Waals surface area contributed by atoms with Crippen molar-refractivity contribution in [3.05, 3.63) is 0 Å². The van der Waals surface area contributed by atoms with Crippen molar-refractivity contribution in [3.8, 4) is 0 Å². The molecule has 0 saturated carbocycles. The van der Waals surface area contributed by atoms with Crippen molar-refractivity contribution in [1.29, 1.82) is 0 Å². The van der Waals surface area contributed by atoms with Gasteiger partial charge in [0, 0.05) is 10.2 Å². The van der Waals surface area contributed by atoms with Crippen LogP contribution in [0.25, 0.3) is 0 Å². The van der Waals surface area contributed by atoms with Crippen LogP contribution in [0.1, 0.15) is 6.42 Å². The highest BCUT2D eigenvalue weighted by Gasteiger charge is 2.47. The molecule has 0 aliphatic carbocycles. The SMILES string of the molecule is O=C(O)CC([SiH3])(C(=O)O)S(=O)(=O)O. The highest BCUT2D eigenvalue weighted by molar-refractivity contribution is 7.89. The molecule has 0 fully saturated rings. The number of carboxylic acid groups (broad SMARTS) is 2. The number of carboxylic acids is 2. The lowest BCUT2D eigenvalue weighted by Crippen LogP contribution is -2.48. The van der Waals surface area contributed by atoms with Crippen LogP contribution in [-0.4, -0.2) is 49.7 Å². The molecule has 7 nitrogen and oxygen atoms in total. The van der Waals surface area contributed by atoms with Crippen molar-refractivity contribution >= 4 is 32.3 Å². The van der Waals surface area contributed by atoms with Gasteiger partial charge in [0.05, 0.1) is 6.42 Å². The van der Waals surface area contributed by atoms with Crippen molar-refractivity contribution < 1.29 is 32.8 Å². The fourth-order valence-electron chi connectivity index (χ4n) is 0.566. The van der Waals surface area contributed by atoms with E-state index in [1.165, 1.54) is 0 Å². The van der Waals surface area contributed by atoms with Gasteiger partial charge in [-0.3, -0.25) is 14.1 Å². The third kappa shape index (κ3) is 2.50. The molecule has 0 saturated heterocycles. The number of rotatable bonds is 4. The molecule has 0 rings (SSSR count). The average Bonchev–Trinajstić information content (AvgIpc) is 1.82. The second-order valence-electron chi connectivity index (χ2n) is 2.58. The highest BCUT2D eigenvalue weighted by Crippen LogP contribution is 2.17. The summed E-state index contributed by atoms with van der Waals surface area (Å²) < 4.78 is 27.1. The fourth-order valence-corrected chi connectivity index (χ4v) is 1.39. The topological polar surface area (TPSA) is 129 Å². The van der Waals surface area contributed by atoms with Gasteiger partial charge in [-0.15, -0.1) is 0 Å². The minimum absolute atomic E-state index is 0.509. The van der Waals surface area contributed by atoms with Crippen LogP contribution in [0.15, 0.2) is 0 Å². The first-order valence-corrected chi connectivity index (χ1v) is 5.47. The normalized spacial score (nSPS) is 16.4.